The number of amides is 4. The molecule has 0 aliphatic carbocycles. The van der Waals surface area contributed by atoms with Crippen LogP contribution in [0.1, 0.15) is 11.3 Å². The summed E-state index contributed by atoms with van der Waals surface area (Å²) in [5.74, 6) is 7.36. The van der Waals surface area contributed by atoms with Crippen molar-refractivity contribution < 1.29 is 19.4 Å². The van der Waals surface area contributed by atoms with Crippen molar-refractivity contribution in [3.05, 3.63) is 88.0 Å². The van der Waals surface area contributed by atoms with Gasteiger partial charge in [0.05, 0.1) is 19.7 Å². The molecule has 1 saturated heterocycles. The summed E-state index contributed by atoms with van der Waals surface area (Å²) in [5.41, 5.74) is 2.10. The third-order valence-corrected chi connectivity index (χ3v) is 6.01. The zero-order chi connectivity index (χ0) is 27.2. The third-order valence-electron chi connectivity index (χ3n) is 5.76. The first-order chi connectivity index (χ1) is 18.3. The number of nitrogens with one attached hydrogen (secondary N) is 1. The van der Waals surface area contributed by atoms with E-state index >= 15 is 0 Å². The number of carbonyl (C=O) groups excluding carboxylic acids is 2. The van der Waals surface area contributed by atoms with Crippen LogP contribution in [0.4, 0.5) is 15.3 Å². The molecule has 3 aromatic rings. The Morgan fingerprint density at radius 1 is 1.11 bits per heavy atom. The summed E-state index contributed by atoms with van der Waals surface area (Å²) < 4.78 is 5.85. The first-order valence-corrected chi connectivity index (χ1v) is 12.0. The molecule has 0 saturated carbocycles. The van der Waals surface area contributed by atoms with Crippen LogP contribution in [-0.2, 0) is 6.54 Å². The average molecular weight is 540 g/mol. The number of rotatable bonds is 10. The second kappa shape index (κ2) is 11.9. The van der Waals surface area contributed by atoms with E-state index < -0.39 is 37.5 Å². The van der Waals surface area contributed by atoms with Crippen molar-refractivity contribution in [3.8, 4) is 11.5 Å². The van der Waals surface area contributed by atoms with E-state index in [9.17, 15) is 19.6 Å². The number of hydrazine groups is 1. The maximum atomic E-state index is 13.4. The number of aliphatic hydroxyl groups is 1. The minimum Gasteiger partial charge on any atom is -0.457 e. The fourth-order valence-electron chi connectivity index (χ4n) is 3.80. The molecule has 0 bridgehead atoms. The lowest BCUT2D eigenvalue weighted by molar-refractivity contribution is 0.0350. The summed E-state index contributed by atoms with van der Waals surface area (Å²) in [6.07, 6.45) is 0.577. The van der Waals surface area contributed by atoms with E-state index in [4.69, 9.17) is 22.2 Å². The number of ether oxygens (including phenoxy) is 1. The number of aryl methyl sites for hydroxylation is 1. The molecule has 0 spiro atoms. The molecule has 13 heteroatoms. The number of nitrogens with two attached hydrogens (primary N) is 1. The van der Waals surface area contributed by atoms with E-state index in [0.29, 0.717) is 22.2 Å². The highest BCUT2D eigenvalue weighted by atomic mass is 35.5. The van der Waals surface area contributed by atoms with Gasteiger partial charge in [-0.05, 0) is 55.0 Å². The Morgan fingerprint density at radius 3 is 2.45 bits per heavy atom. The molecule has 4 N–H and O–H groups in total. The highest BCUT2D eigenvalue weighted by molar-refractivity contribution is 6.30. The number of anilines is 1. The molecule has 2 heterocycles. The van der Waals surface area contributed by atoms with Crippen molar-refractivity contribution in [2.75, 3.05) is 18.5 Å². The molecule has 1 aliphatic heterocycles. The minimum absolute atomic E-state index is 0.0616. The predicted molar refractivity (Wildman–Crippen MR) is 140 cm³/mol. The number of aromatic nitrogens is 1. The van der Waals surface area contributed by atoms with Crippen LogP contribution >= 0.6 is 11.6 Å². The summed E-state index contributed by atoms with van der Waals surface area (Å²) in [7, 11) is 0. The highest BCUT2D eigenvalue weighted by Gasteiger charge is 2.44. The van der Waals surface area contributed by atoms with Gasteiger partial charge >= 0.3 is 12.1 Å². The lowest BCUT2D eigenvalue weighted by Crippen LogP contribution is -2.70. The van der Waals surface area contributed by atoms with Crippen molar-refractivity contribution in [1.29, 1.82) is 0 Å². The fraction of sp³-hybridized carbons (Fsp3) is 0.240. The van der Waals surface area contributed by atoms with Gasteiger partial charge < -0.3 is 15.2 Å². The number of nitrogens with zero attached hydrogens (tertiary/aromatic N) is 5. The smallest absolute Gasteiger partial charge is 0.345 e. The quantitative estimate of drug-likeness (QED) is 0.199. The van der Waals surface area contributed by atoms with Crippen LogP contribution in [0.3, 0.4) is 0 Å². The topological polar surface area (TPSA) is 154 Å². The number of urea groups is 2. The van der Waals surface area contributed by atoms with Gasteiger partial charge in [-0.2, -0.15) is 4.91 Å². The number of hydrogen-bond acceptors (Lipinski definition) is 9. The Balaban J connectivity index is 1.57. The van der Waals surface area contributed by atoms with Crippen LogP contribution in [0.25, 0.3) is 0 Å². The Hall–Kier alpha value is -4.26. The normalized spacial score (nSPS) is 16.4. The second-order valence-electron chi connectivity index (χ2n) is 8.56. The largest absolute Gasteiger partial charge is 0.457 e. The molecule has 198 valence electrons. The number of halogens is 1. The Morgan fingerprint density at radius 2 is 1.82 bits per heavy atom. The van der Waals surface area contributed by atoms with Gasteiger partial charge in [-0.1, -0.05) is 28.9 Å². The molecule has 0 radical (unpaired) electrons. The highest BCUT2D eigenvalue weighted by Crippen LogP contribution is 2.26. The number of aliphatic hydroxyl groups excluding tert-OH is 1. The summed E-state index contributed by atoms with van der Waals surface area (Å²) in [5, 5.41) is 16.6. The van der Waals surface area contributed by atoms with Crippen molar-refractivity contribution in [2.24, 2.45) is 11.0 Å². The van der Waals surface area contributed by atoms with Gasteiger partial charge in [-0.3, -0.25) is 9.88 Å². The van der Waals surface area contributed by atoms with Crippen LogP contribution < -0.4 is 15.9 Å². The standard InChI is InChI=1S/C25H26ClN7O5/c1-16-12-22(10-11-28-16)38-21-8-6-19(7-9-21)29-23-31(13-17-2-4-18(26)5-3-17)24(35)32(25(36)33(23)27)14-20(15-34)30-37/h2-12,20,23,29,34H,13-15,27H2,1H3/t20-,23?/m0/s1. The number of imide groups is 1. The number of nitroso groups, excluding NO2 is 1. The molecule has 4 amide bonds. The van der Waals surface area contributed by atoms with E-state index in [2.05, 4.69) is 15.5 Å². The molecule has 1 unspecified atom stereocenters. The van der Waals surface area contributed by atoms with Crippen molar-refractivity contribution >= 4 is 29.4 Å². The molecule has 2 atom stereocenters. The van der Waals surface area contributed by atoms with E-state index in [-0.39, 0.29) is 6.54 Å². The van der Waals surface area contributed by atoms with Gasteiger partial charge in [0.2, 0.25) is 6.29 Å². The van der Waals surface area contributed by atoms with E-state index in [1.165, 1.54) is 4.90 Å². The molecule has 12 nitrogen and oxygen atoms in total. The van der Waals surface area contributed by atoms with Gasteiger partial charge in [0.15, 0.2) is 0 Å². The molecule has 1 aromatic heterocycles. The van der Waals surface area contributed by atoms with E-state index in [1.807, 2.05) is 6.92 Å². The summed E-state index contributed by atoms with van der Waals surface area (Å²) in [4.78, 5) is 43.7. The number of benzene rings is 2. The van der Waals surface area contributed by atoms with Gasteiger partial charge in [0, 0.05) is 28.7 Å². The predicted octanol–water partition coefficient (Wildman–Crippen LogP) is 3.89. The SMILES string of the molecule is Cc1cc(Oc2ccc(NC3N(N)C(=O)N(C[C@@H](CO)N=O)C(=O)N3Cc3ccc(Cl)cc3)cc2)ccn1. The zero-order valence-electron chi connectivity index (χ0n) is 20.4. The monoisotopic (exact) mass is 539 g/mol. The first-order valence-electron chi connectivity index (χ1n) is 11.6. The summed E-state index contributed by atoms with van der Waals surface area (Å²) in [6, 6.07) is 14.5. The van der Waals surface area contributed by atoms with Gasteiger partial charge in [0.1, 0.15) is 17.5 Å². The van der Waals surface area contributed by atoms with Crippen LogP contribution in [0.5, 0.6) is 11.5 Å². The average Bonchev–Trinajstić information content (AvgIpc) is 2.91. The Kier molecular flexibility index (Phi) is 8.36. The maximum absolute atomic E-state index is 13.4. The number of pyridine rings is 1. The number of hydrogen-bond donors (Lipinski definition) is 3. The van der Waals surface area contributed by atoms with Gasteiger partial charge in [-0.25, -0.2) is 25.3 Å². The molecule has 38 heavy (non-hydrogen) atoms. The van der Waals surface area contributed by atoms with Crippen LogP contribution in [0.2, 0.25) is 5.02 Å². The molecule has 2 aromatic carbocycles. The zero-order valence-corrected chi connectivity index (χ0v) is 21.2. The van der Waals surface area contributed by atoms with Crippen LogP contribution in [0, 0.1) is 11.8 Å². The lowest BCUT2D eigenvalue weighted by Gasteiger charge is -2.45. The minimum atomic E-state index is -1.19. The third kappa shape index (κ3) is 6.17. The van der Waals surface area contributed by atoms with Gasteiger partial charge in [0.25, 0.3) is 0 Å². The first kappa shape index (κ1) is 26.8. The van der Waals surface area contributed by atoms with Crippen molar-refractivity contribution in [1.82, 2.24) is 19.8 Å². The molecule has 4 rings (SSSR count). The number of carbonyl (C=O) groups is 2. The van der Waals surface area contributed by atoms with Crippen molar-refractivity contribution in [3.63, 3.8) is 0 Å². The van der Waals surface area contributed by atoms with Crippen LogP contribution in [-0.4, -0.2) is 62.4 Å². The molecule has 1 fully saturated rings. The van der Waals surface area contributed by atoms with Crippen LogP contribution in [0.15, 0.2) is 72.0 Å². The van der Waals surface area contributed by atoms with E-state index in [0.717, 1.165) is 21.2 Å². The molecular formula is C25H26ClN7O5. The Bertz CT molecular complexity index is 1290. The lowest BCUT2D eigenvalue weighted by atomic mass is 10.2. The maximum Gasteiger partial charge on any atom is 0.345 e. The Labute approximate surface area is 223 Å². The van der Waals surface area contributed by atoms with E-state index in [1.54, 1.807) is 66.9 Å². The summed E-state index contributed by atoms with van der Waals surface area (Å²) in [6.45, 7) is 0.876. The van der Waals surface area contributed by atoms with Gasteiger partial charge in [-0.15, -0.1) is 0 Å². The summed E-state index contributed by atoms with van der Waals surface area (Å²) >= 11 is 5.99. The fourth-order valence-corrected chi connectivity index (χ4v) is 3.93. The second-order valence-corrected chi connectivity index (χ2v) is 8.99. The molecular weight excluding hydrogens is 514 g/mol. The van der Waals surface area contributed by atoms with Crippen molar-refractivity contribution in [2.45, 2.75) is 25.8 Å². The molecule has 1 aliphatic rings.